The highest BCUT2D eigenvalue weighted by atomic mass is 16.5. The third-order valence-electron chi connectivity index (χ3n) is 2.69. The van der Waals surface area contributed by atoms with Crippen LogP contribution in [0.1, 0.15) is 16.2 Å². The summed E-state index contributed by atoms with van der Waals surface area (Å²) in [6, 6.07) is 8.49. The Balaban J connectivity index is 2.24. The number of anilines is 1. The lowest BCUT2D eigenvalue weighted by atomic mass is 10.2. The molecule has 0 bridgehead atoms. The van der Waals surface area contributed by atoms with E-state index in [4.69, 9.17) is 9.47 Å². The molecule has 0 spiro atoms. The van der Waals surface area contributed by atoms with Crippen molar-refractivity contribution in [3.05, 3.63) is 41.7 Å². The summed E-state index contributed by atoms with van der Waals surface area (Å²) < 4.78 is 10.3. The van der Waals surface area contributed by atoms with Gasteiger partial charge in [0.1, 0.15) is 11.5 Å². The molecule has 2 aromatic rings. The summed E-state index contributed by atoms with van der Waals surface area (Å²) in [5.74, 6) is 0.805. The lowest BCUT2D eigenvalue weighted by Crippen LogP contribution is -2.15. The van der Waals surface area contributed by atoms with Crippen molar-refractivity contribution in [2.24, 2.45) is 0 Å². The van der Waals surface area contributed by atoms with E-state index in [-0.39, 0.29) is 11.6 Å². The van der Waals surface area contributed by atoms with Crippen molar-refractivity contribution in [1.82, 2.24) is 10.2 Å². The minimum absolute atomic E-state index is 0.237. The van der Waals surface area contributed by atoms with Crippen LogP contribution in [0.25, 0.3) is 0 Å². The minimum atomic E-state index is -0.357. The Morgan fingerprint density at radius 1 is 1.10 bits per heavy atom. The number of ether oxygens (including phenoxy) is 2. The number of aromatic nitrogens is 2. The number of aryl methyl sites for hydroxylation is 1. The van der Waals surface area contributed by atoms with Crippen LogP contribution < -0.4 is 14.8 Å². The number of methoxy groups -OCH3 is 2. The average Bonchev–Trinajstić information content (AvgIpc) is 2.47. The Morgan fingerprint density at radius 3 is 2.50 bits per heavy atom. The summed E-state index contributed by atoms with van der Waals surface area (Å²) in [6.07, 6.45) is 0. The van der Waals surface area contributed by atoms with Crippen molar-refractivity contribution in [2.75, 3.05) is 19.5 Å². The van der Waals surface area contributed by atoms with Crippen LogP contribution >= 0.6 is 0 Å². The van der Waals surface area contributed by atoms with Crippen molar-refractivity contribution in [3.63, 3.8) is 0 Å². The molecule has 20 heavy (non-hydrogen) atoms. The fraction of sp³-hybridized carbons (Fsp3) is 0.214. The molecule has 1 amide bonds. The second-order valence-electron chi connectivity index (χ2n) is 4.08. The van der Waals surface area contributed by atoms with E-state index in [1.165, 1.54) is 7.11 Å². The summed E-state index contributed by atoms with van der Waals surface area (Å²) in [4.78, 5) is 12.1. The van der Waals surface area contributed by atoms with E-state index >= 15 is 0 Å². The van der Waals surface area contributed by atoms with Crippen molar-refractivity contribution in [2.45, 2.75) is 6.92 Å². The van der Waals surface area contributed by atoms with Crippen LogP contribution in [0.4, 0.5) is 5.69 Å². The maximum absolute atomic E-state index is 12.1. The third kappa shape index (κ3) is 3.03. The van der Waals surface area contributed by atoms with Crippen LogP contribution in [-0.2, 0) is 0 Å². The number of carbonyl (C=O) groups is 1. The van der Waals surface area contributed by atoms with Gasteiger partial charge in [-0.25, -0.2) is 0 Å². The molecule has 2 rings (SSSR count). The summed E-state index contributed by atoms with van der Waals surface area (Å²) in [5.41, 5.74) is 1.50. The first kappa shape index (κ1) is 13.8. The van der Waals surface area contributed by atoms with Crippen molar-refractivity contribution < 1.29 is 14.3 Å². The lowest BCUT2D eigenvalue weighted by Gasteiger charge is -2.11. The third-order valence-corrected chi connectivity index (χ3v) is 2.69. The summed E-state index contributed by atoms with van der Waals surface area (Å²) in [7, 11) is 3.09. The molecule has 1 aromatic carbocycles. The van der Waals surface area contributed by atoms with Gasteiger partial charge >= 0.3 is 0 Å². The Morgan fingerprint density at radius 2 is 1.90 bits per heavy atom. The highest BCUT2D eigenvalue weighted by Crippen LogP contribution is 2.29. The topological polar surface area (TPSA) is 73.3 Å². The van der Waals surface area contributed by atoms with Gasteiger partial charge in [0, 0.05) is 6.07 Å². The molecule has 6 heteroatoms. The number of hydrogen-bond acceptors (Lipinski definition) is 5. The quantitative estimate of drug-likeness (QED) is 0.923. The molecule has 0 saturated carbocycles. The number of hydrogen-bond donors (Lipinski definition) is 1. The standard InChI is InChI=1S/C14H15N3O3/c1-9-4-6-11(17-16-9)14(18)15-12-8-10(19-2)5-7-13(12)20-3/h4-8H,1-3H3,(H,15,18). The molecule has 1 N–H and O–H groups in total. The zero-order valence-electron chi connectivity index (χ0n) is 11.5. The van der Waals surface area contributed by atoms with Crippen LogP contribution in [0.3, 0.4) is 0 Å². The summed E-state index contributed by atoms with van der Waals surface area (Å²) in [5, 5.41) is 10.4. The van der Waals surface area contributed by atoms with Gasteiger partial charge in [-0.3, -0.25) is 4.79 Å². The first-order valence-electron chi connectivity index (χ1n) is 5.97. The molecule has 0 aliphatic carbocycles. The maximum Gasteiger partial charge on any atom is 0.276 e. The minimum Gasteiger partial charge on any atom is -0.497 e. The second kappa shape index (κ2) is 6.01. The number of benzene rings is 1. The number of carbonyl (C=O) groups excluding carboxylic acids is 1. The Hall–Kier alpha value is -2.63. The first-order chi connectivity index (χ1) is 9.63. The van der Waals surface area contributed by atoms with Crippen LogP contribution in [0, 0.1) is 6.92 Å². The van der Waals surface area contributed by atoms with Crippen molar-refractivity contribution in [1.29, 1.82) is 0 Å². The van der Waals surface area contributed by atoms with E-state index in [0.29, 0.717) is 17.2 Å². The monoisotopic (exact) mass is 273 g/mol. The molecule has 0 aliphatic rings. The van der Waals surface area contributed by atoms with Crippen LogP contribution in [0.2, 0.25) is 0 Å². The zero-order chi connectivity index (χ0) is 14.5. The fourth-order valence-electron chi connectivity index (χ4n) is 1.62. The molecule has 0 saturated heterocycles. The highest BCUT2D eigenvalue weighted by Gasteiger charge is 2.12. The molecule has 0 fully saturated rings. The fourth-order valence-corrected chi connectivity index (χ4v) is 1.62. The molecule has 0 aliphatic heterocycles. The predicted octanol–water partition coefficient (Wildman–Crippen LogP) is 2.05. The van der Waals surface area contributed by atoms with Gasteiger partial charge in [0.2, 0.25) is 0 Å². The van der Waals surface area contributed by atoms with E-state index < -0.39 is 0 Å². The Labute approximate surface area is 116 Å². The summed E-state index contributed by atoms with van der Waals surface area (Å²) >= 11 is 0. The zero-order valence-corrected chi connectivity index (χ0v) is 11.5. The van der Waals surface area contributed by atoms with E-state index in [2.05, 4.69) is 15.5 Å². The Bertz CT molecular complexity index is 612. The summed E-state index contributed by atoms with van der Waals surface area (Å²) in [6.45, 7) is 1.81. The molecule has 1 aromatic heterocycles. The molecule has 0 radical (unpaired) electrons. The number of amides is 1. The second-order valence-corrected chi connectivity index (χ2v) is 4.08. The van der Waals surface area contributed by atoms with Crippen LogP contribution in [0.15, 0.2) is 30.3 Å². The first-order valence-corrected chi connectivity index (χ1v) is 5.97. The molecule has 0 unspecified atom stereocenters. The SMILES string of the molecule is COc1ccc(OC)c(NC(=O)c2ccc(C)nn2)c1. The molecule has 6 nitrogen and oxygen atoms in total. The van der Waals surface area contributed by atoms with E-state index in [9.17, 15) is 4.79 Å². The average molecular weight is 273 g/mol. The largest absolute Gasteiger partial charge is 0.497 e. The van der Waals surface area contributed by atoms with Crippen LogP contribution in [0.5, 0.6) is 11.5 Å². The van der Waals surface area contributed by atoms with E-state index in [1.807, 2.05) is 0 Å². The lowest BCUT2D eigenvalue weighted by molar-refractivity contribution is 0.102. The maximum atomic E-state index is 12.1. The van der Waals surface area contributed by atoms with Gasteiger partial charge in [0.25, 0.3) is 5.91 Å². The van der Waals surface area contributed by atoms with E-state index in [0.717, 1.165) is 5.69 Å². The smallest absolute Gasteiger partial charge is 0.276 e. The molecular formula is C14H15N3O3. The van der Waals surface area contributed by atoms with Crippen LogP contribution in [-0.4, -0.2) is 30.3 Å². The van der Waals surface area contributed by atoms with Gasteiger partial charge in [-0.05, 0) is 31.2 Å². The van der Waals surface area contributed by atoms with Gasteiger partial charge < -0.3 is 14.8 Å². The van der Waals surface area contributed by atoms with Gasteiger partial charge in [0.15, 0.2) is 5.69 Å². The molecular weight excluding hydrogens is 258 g/mol. The van der Waals surface area contributed by atoms with Gasteiger partial charge in [-0.15, -0.1) is 5.10 Å². The number of nitrogens with zero attached hydrogens (tertiary/aromatic N) is 2. The molecule has 0 atom stereocenters. The van der Waals surface area contributed by atoms with Gasteiger partial charge in [-0.2, -0.15) is 5.10 Å². The van der Waals surface area contributed by atoms with E-state index in [1.54, 1.807) is 44.4 Å². The van der Waals surface area contributed by atoms with Crippen molar-refractivity contribution in [3.8, 4) is 11.5 Å². The van der Waals surface area contributed by atoms with Crippen molar-refractivity contribution >= 4 is 11.6 Å². The number of nitrogens with one attached hydrogen (secondary N) is 1. The Kier molecular flexibility index (Phi) is 4.14. The highest BCUT2D eigenvalue weighted by molar-refractivity contribution is 6.03. The number of rotatable bonds is 4. The predicted molar refractivity (Wildman–Crippen MR) is 74.3 cm³/mol. The normalized spacial score (nSPS) is 9.95. The molecule has 1 heterocycles. The molecule has 104 valence electrons. The van der Waals surface area contributed by atoms with Gasteiger partial charge in [0.05, 0.1) is 25.6 Å². The van der Waals surface area contributed by atoms with Gasteiger partial charge in [-0.1, -0.05) is 0 Å².